The van der Waals surface area contributed by atoms with E-state index in [1.54, 1.807) is 5.57 Å². The van der Waals surface area contributed by atoms with Crippen molar-refractivity contribution in [2.45, 2.75) is 32.2 Å². The molecule has 0 bridgehead atoms. The van der Waals surface area contributed by atoms with Crippen molar-refractivity contribution in [3.05, 3.63) is 168 Å². The summed E-state index contributed by atoms with van der Waals surface area (Å²) in [5, 5.41) is 10.6. The molecule has 242 valence electrons. The number of hydrogen-bond donors (Lipinski definition) is 1. The van der Waals surface area contributed by atoms with Crippen LogP contribution in [0, 0.1) is 11.8 Å². The van der Waals surface area contributed by atoms with Gasteiger partial charge in [-0.1, -0.05) is 111 Å². The standard InChI is InChI=1S/C47H38N2S/c1-29-12-6-7-15-34(29)47-30(2)39(28-40(48-47)32-13-4-3-5-14-32)31-20-22-33(23-21-31)49-41-18-10-8-16-37(41)45-35-25-27-44-46(36(35)24-26-42(45)49)38-17-9-11-19-43(38)50-44/h3-11,13-30,39,47-48H,12H2,1-2H3/p+1. The molecule has 0 fully saturated rings. The molecule has 0 saturated heterocycles. The molecule has 3 heterocycles. The van der Waals surface area contributed by atoms with Crippen molar-refractivity contribution in [1.29, 1.82) is 0 Å². The van der Waals surface area contributed by atoms with E-state index in [-0.39, 0.29) is 0 Å². The predicted molar refractivity (Wildman–Crippen MR) is 214 cm³/mol. The lowest BCUT2D eigenvalue weighted by atomic mass is 9.73. The molecule has 10 rings (SSSR count). The minimum absolute atomic E-state index is 0.318. The number of allylic oxidation sites excluding steroid dienone is 4. The molecule has 2 aliphatic rings. The summed E-state index contributed by atoms with van der Waals surface area (Å²) < 4.78 is 5.17. The number of thiophene rings is 1. The van der Waals surface area contributed by atoms with Gasteiger partial charge in [0.2, 0.25) is 0 Å². The minimum atomic E-state index is 0.318. The first-order valence-electron chi connectivity index (χ1n) is 18.0. The molecule has 2 N–H and O–H groups in total. The van der Waals surface area contributed by atoms with Crippen LogP contribution in [-0.4, -0.2) is 10.6 Å². The van der Waals surface area contributed by atoms with E-state index in [2.05, 4.69) is 175 Å². The lowest BCUT2D eigenvalue weighted by molar-refractivity contribution is -0.606. The summed E-state index contributed by atoms with van der Waals surface area (Å²) in [6.45, 7) is 4.84. The maximum atomic E-state index is 2.54. The van der Waals surface area contributed by atoms with Gasteiger partial charge in [0, 0.05) is 54.0 Å². The minimum Gasteiger partial charge on any atom is -0.309 e. The fourth-order valence-electron chi connectivity index (χ4n) is 9.01. The Morgan fingerprint density at radius 3 is 2.22 bits per heavy atom. The Kier molecular flexibility index (Phi) is 6.94. The molecule has 3 heteroatoms. The highest BCUT2D eigenvalue weighted by molar-refractivity contribution is 7.26. The number of quaternary nitrogens is 1. The topological polar surface area (TPSA) is 21.5 Å². The van der Waals surface area contributed by atoms with Crippen LogP contribution in [-0.2, 0) is 0 Å². The van der Waals surface area contributed by atoms with Gasteiger partial charge < -0.3 is 9.88 Å². The van der Waals surface area contributed by atoms with Crippen LogP contribution < -0.4 is 5.32 Å². The summed E-state index contributed by atoms with van der Waals surface area (Å²) in [5.74, 6) is 1.33. The van der Waals surface area contributed by atoms with Crippen LogP contribution in [0.2, 0.25) is 0 Å². The quantitative estimate of drug-likeness (QED) is 0.194. The van der Waals surface area contributed by atoms with E-state index < -0.39 is 0 Å². The van der Waals surface area contributed by atoms with Crippen LogP contribution in [0.25, 0.3) is 64.1 Å². The van der Waals surface area contributed by atoms with E-state index in [9.17, 15) is 0 Å². The van der Waals surface area contributed by atoms with Crippen molar-refractivity contribution in [3.8, 4) is 5.69 Å². The van der Waals surface area contributed by atoms with Crippen LogP contribution in [0.5, 0.6) is 0 Å². The second-order valence-corrected chi connectivity index (χ2v) is 15.4. The van der Waals surface area contributed by atoms with Gasteiger partial charge in [-0.2, -0.15) is 0 Å². The lowest BCUT2D eigenvalue weighted by Crippen LogP contribution is -2.90. The van der Waals surface area contributed by atoms with Crippen LogP contribution in [0.3, 0.4) is 0 Å². The zero-order valence-electron chi connectivity index (χ0n) is 28.4. The predicted octanol–water partition coefficient (Wildman–Crippen LogP) is 11.5. The highest BCUT2D eigenvalue weighted by Crippen LogP contribution is 2.44. The van der Waals surface area contributed by atoms with Crippen molar-refractivity contribution >= 4 is 69.8 Å². The van der Waals surface area contributed by atoms with Gasteiger partial charge in [-0.05, 0) is 88.9 Å². The summed E-state index contributed by atoms with van der Waals surface area (Å²) >= 11 is 1.89. The molecular weight excluding hydrogens is 625 g/mol. The Bertz CT molecular complexity index is 2690. The van der Waals surface area contributed by atoms with Gasteiger partial charge in [0.1, 0.15) is 11.7 Å². The first-order chi connectivity index (χ1) is 24.6. The fourth-order valence-corrected chi connectivity index (χ4v) is 10.1. The number of nitrogens with two attached hydrogens (primary N) is 1. The zero-order valence-corrected chi connectivity index (χ0v) is 29.2. The molecule has 1 aliphatic carbocycles. The Morgan fingerprint density at radius 2 is 1.38 bits per heavy atom. The van der Waals surface area contributed by atoms with Gasteiger partial charge in [0.05, 0.1) is 11.0 Å². The molecule has 2 nitrogen and oxygen atoms in total. The zero-order chi connectivity index (χ0) is 33.3. The van der Waals surface area contributed by atoms with Gasteiger partial charge in [-0.25, -0.2) is 0 Å². The van der Waals surface area contributed by atoms with Crippen molar-refractivity contribution in [2.24, 2.45) is 11.8 Å². The van der Waals surface area contributed by atoms with Crippen LogP contribution in [0.15, 0.2) is 157 Å². The molecular formula is C47H39N2S+. The number of hydrogen-bond acceptors (Lipinski definition) is 1. The van der Waals surface area contributed by atoms with E-state index in [1.165, 1.54) is 75.3 Å². The number of aromatic nitrogens is 1. The van der Waals surface area contributed by atoms with E-state index in [0.29, 0.717) is 23.8 Å². The fraction of sp³-hybridized carbons (Fsp3) is 0.149. The smallest absolute Gasteiger partial charge is 0.133 e. The normalized spacial score (nSPS) is 21.0. The third-order valence-electron chi connectivity index (χ3n) is 11.5. The van der Waals surface area contributed by atoms with E-state index >= 15 is 0 Å². The highest BCUT2D eigenvalue weighted by atomic mass is 32.1. The summed E-state index contributed by atoms with van der Waals surface area (Å²) in [6, 6.07) is 48.0. The van der Waals surface area contributed by atoms with Gasteiger partial charge in [-0.3, -0.25) is 0 Å². The highest BCUT2D eigenvalue weighted by Gasteiger charge is 2.38. The van der Waals surface area contributed by atoms with Crippen LogP contribution >= 0.6 is 11.3 Å². The third-order valence-corrected chi connectivity index (χ3v) is 12.7. The largest absolute Gasteiger partial charge is 0.309 e. The monoisotopic (exact) mass is 663 g/mol. The second-order valence-electron chi connectivity index (χ2n) is 14.3. The number of para-hydroxylation sites is 1. The molecule has 0 saturated carbocycles. The Morgan fingerprint density at radius 1 is 0.640 bits per heavy atom. The van der Waals surface area contributed by atoms with Crippen LogP contribution in [0.4, 0.5) is 0 Å². The average Bonchev–Trinajstić information content (AvgIpc) is 3.72. The molecule has 4 atom stereocenters. The number of nitrogens with zero attached hydrogens (tertiary/aromatic N) is 1. The van der Waals surface area contributed by atoms with Gasteiger partial charge >= 0.3 is 0 Å². The molecule has 1 aliphatic heterocycles. The third kappa shape index (κ3) is 4.57. The first kappa shape index (κ1) is 29.7. The lowest BCUT2D eigenvalue weighted by Gasteiger charge is -2.37. The van der Waals surface area contributed by atoms with Gasteiger partial charge in [-0.15, -0.1) is 11.3 Å². The van der Waals surface area contributed by atoms with E-state index in [1.807, 2.05) is 11.3 Å². The molecule has 0 amide bonds. The molecule has 0 spiro atoms. The summed E-state index contributed by atoms with van der Waals surface area (Å²) in [7, 11) is 0. The maximum absolute atomic E-state index is 2.54. The Hall–Kier alpha value is -5.22. The first-order valence-corrected chi connectivity index (χ1v) is 18.8. The van der Waals surface area contributed by atoms with Crippen molar-refractivity contribution < 1.29 is 5.32 Å². The van der Waals surface area contributed by atoms with E-state index in [4.69, 9.17) is 0 Å². The summed E-state index contributed by atoms with van der Waals surface area (Å²) in [4.78, 5) is 0. The van der Waals surface area contributed by atoms with Crippen molar-refractivity contribution in [2.75, 3.05) is 0 Å². The average molecular weight is 664 g/mol. The summed E-state index contributed by atoms with van der Waals surface area (Å²) in [5.41, 5.74) is 9.30. The molecule has 4 unspecified atom stereocenters. The molecule has 0 radical (unpaired) electrons. The Labute approximate surface area is 296 Å². The van der Waals surface area contributed by atoms with E-state index in [0.717, 1.165) is 6.42 Å². The maximum Gasteiger partial charge on any atom is 0.133 e. The van der Waals surface area contributed by atoms with Crippen molar-refractivity contribution in [1.82, 2.24) is 4.57 Å². The second kappa shape index (κ2) is 11.7. The van der Waals surface area contributed by atoms with Crippen molar-refractivity contribution in [3.63, 3.8) is 0 Å². The van der Waals surface area contributed by atoms with Gasteiger partial charge in [0.15, 0.2) is 0 Å². The van der Waals surface area contributed by atoms with Crippen LogP contribution in [0.1, 0.15) is 37.3 Å². The SMILES string of the molecule is CC1CC=CC=C1C1[NH2+]C(c2ccccc2)=CC(c2ccc(-n3c4ccccc4c4c5ccc6sc7ccccc7c6c5ccc43)cc2)C1C. The molecule has 6 aromatic carbocycles. The Balaban J connectivity index is 1.11. The molecule has 8 aromatic rings. The number of rotatable bonds is 4. The number of fused-ring (bicyclic) bond motifs is 9. The molecule has 50 heavy (non-hydrogen) atoms. The van der Waals surface area contributed by atoms with Gasteiger partial charge in [0.25, 0.3) is 0 Å². The summed E-state index contributed by atoms with van der Waals surface area (Å²) in [6.07, 6.45) is 10.6. The number of benzene rings is 6. The molecule has 2 aromatic heterocycles.